The zero-order valence-corrected chi connectivity index (χ0v) is 13.3. The van der Waals surface area contributed by atoms with E-state index in [4.69, 9.17) is 5.11 Å². The fourth-order valence-electron chi connectivity index (χ4n) is 2.38. The van der Waals surface area contributed by atoms with Gasteiger partial charge >= 0.3 is 0 Å². The standard InChI is InChI=1S/C18H26FNO/c1-4-15(5-2)13-20(6-3)14-16-9-10-18(19)17(12-16)8-7-11-21/h9-10,12,15,21H,4-6,11,13-14H2,1-3H3. The molecule has 0 aliphatic heterocycles. The van der Waals surface area contributed by atoms with Gasteiger partial charge in [0.1, 0.15) is 12.4 Å². The van der Waals surface area contributed by atoms with Crippen molar-refractivity contribution in [2.75, 3.05) is 19.7 Å². The summed E-state index contributed by atoms with van der Waals surface area (Å²) in [7, 11) is 0. The molecule has 116 valence electrons. The number of nitrogens with zero attached hydrogens (tertiary/aromatic N) is 1. The van der Waals surface area contributed by atoms with Gasteiger partial charge in [-0.3, -0.25) is 4.90 Å². The van der Waals surface area contributed by atoms with Gasteiger partial charge in [0.15, 0.2) is 0 Å². The van der Waals surface area contributed by atoms with Gasteiger partial charge in [0.05, 0.1) is 5.56 Å². The second kappa shape index (κ2) is 9.55. The van der Waals surface area contributed by atoms with Gasteiger partial charge in [-0.2, -0.15) is 0 Å². The molecule has 2 nitrogen and oxygen atoms in total. The Bertz CT molecular complexity index is 486. The van der Waals surface area contributed by atoms with E-state index < -0.39 is 0 Å². The van der Waals surface area contributed by atoms with E-state index in [1.807, 2.05) is 6.07 Å². The number of rotatable bonds is 7. The molecule has 0 aliphatic rings. The Morgan fingerprint density at radius 3 is 2.52 bits per heavy atom. The first-order valence-corrected chi connectivity index (χ1v) is 7.75. The van der Waals surface area contributed by atoms with Crippen molar-refractivity contribution in [3.63, 3.8) is 0 Å². The van der Waals surface area contributed by atoms with Crippen LogP contribution in [0, 0.1) is 23.6 Å². The molecule has 0 aliphatic carbocycles. The molecule has 3 heteroatoms. The molecule has 0 amide bonds. The van der Waals surface area contributed by atoms with Crippen molar-refractivity contribution in [3.8, 4) is 11.8 Å². The molecular formula is C18H26FNO. The Balaban J connectivity index is 2.80. The van der Waals surface area contributed by atoms with Crippen LogP contribution in [0.3, 0.4) is 0 Å². The molecule has 21 heavy (non-hydrogen) atoms. The van der Waals surface area contributed by atoms with E-state index in [0.717, 1.165) is 25.2 Å². The minimum atomic E-state index is -0.331. The van der Waals surface area contributed by atoms with Crippen LogP contribution in [0.2, 0.25) is 0 Å². The number of benzene rings is 1. The molecule has 1 rings (SSSR count). The van der Waals surface area contributed by atoms with Crippen LogP contribution in [0.4, 0.5) is 4.39 Å². The molecule has 0 fully saturated rings. The lowest BCUT2D eigenvalue weighted by molar-refractivity contribution is 0.226. The fraction of sp³-hybridized carbons (Fsp3) is 0.556. The van der Waals surface area contributed by atoms with Gasteiger partial charge in [0, 0.05) is 13.1 Å². The van der Waals surface area contributed by atoms with Crippen LogP contribution < -0.4 is 0 Å². The molecule has 1 N–H and O–H groups in total. The van der Waals surface area contributed by atoms with Crippen molar-refractivity contribution in [3.05, 3.63) is 35.1 Å². The highest BCUT2D eigenvalue weighted by Gasteiger charge is 2.11. The summed E-state index contributed by atoms with van der Waals surface area (Å²) < 4.78 is 13.6. The first-order chi connectivity index (χ1) is 10.1. The Hall–Kier alpha value is -1.37. The number of aliphatic hydroxyl groups excluding tert-OH is 1. The molecule has 0 spiro atoms. The van der Waals surface area contributed by atoms with Crippen LogP contribution in [-0.2, 0) is 6.54 Å². The maximum atomic E-state index is 13.6. The van der Waals surface area contributed by atoms with E-state index >= 15 is 0 Å². The predicted molar refractivity (Wildman–Crippen MR) is 85.4 cm³/mol. The Kier molecular flexibility index (Phi) is 8.04. The van der Waals surface area contributed by atoms with Gasteiger partial charge in [0.2, 0.25) is 0 Å². The van der Waals surface area contributed by atoms with Crippen molar-refractivity contribution >= 4 is 0 Å². The minimum absolute atomic E-state index is 0.251. The summed E-state index contributed by atoms with van der Waals surface area (Å²) in [4.78, 5) is 2.38. The summed E-state index contributed by atoms with van der Waals surface area (Å²) >= 11 is 0. The lowest BCUT2D eigenvalue weighted by atomic mass is 10.0. The minimum Gasteiger partial charge on any atom is -0.384 e. The van der Waals surface area contributed by atoms with Crippen molar-refractivity contribution in [1.29, 1.82) is 0 Å². The smallest absolute Gasteiger partial charge is 0.138 e. The van der Waals surface area contributed by atoms with Gasteiger partial charge in [-0.15, -0.1) is 0 Å². The molecule has 0 atom stereocenters. The maximum absolute atomic E-state index is 13.6. The van der Waals surface area contributed by atoms with E-state index in [9.17, 15) is 4.39 Å². The molecular weight excluding hydrogens is 265 g/mol. The van der Waals surface area contributed by atoms with Crippen molar-refractivity contribution in [2.45, 2.75) is 40.2 Å². The second-order valence-corrected chi connectivity index (χ2v) is 5.28. The summed E-state index contributed by atoms with van der Waals surface area (Å²) in [6.07, 6.45) is 2.37. The molecule has 0 unspecified atom stereocenters. The highest BCUT2D eigenvalue weighted by molar-refractivity contribution is 5.38. The number of aliphatic hydroxyl groups is 1. The quantitative estimate of drug-likeness (QED) is 0.778. The lowest BCUT2D eigenvalue weighted by Crippen LogP contribution is -2.28. The topological polar surface area (TPSA) is 23.5 Å². The Morgan fingerprint density at radius 2 is 1.95 bits per heavy atom. The molecule has 0 radical (unpaired) electrons. The SMILES string of the molecule is CCC(CC)CN(CC)Cc1ccc(F)c(C#CCO)c1. The van der Waals surface area contributed by atoms with Crippen LogP contribution >= 0.6 is 0 Å². The highest BCUT2D eigenvalue weighted by Crippen LogP contribution is 2.15. The summed E-state index contributed by atoms with van der Waals surface area (Å²) in [5.41, 5.74) is 1.42. The van der Waals surface area contributed by atoms with Crippen molar-refractivity contribution < 1.29 is 9.50 Å². The first kappa shape index (κ1) is 17.7. The van der Waals surface area contributed by atoms with E-state index in [1.54, 1.807) is 6.07 Å². The largest absolute Gasteiger partial charge is 0.384 e. The van der Waals surface area contributed by atoms with E-state index in [-0.39, 0.29) is 12.4 Å². The van der Waals surface area contributed by atoms with Gasteiger partial charge in [-0.05, 0) is 30.2 Å². The number of hydrogen-bond acceptors (Lipinski definition) is 2. The van der Waals surface area contributed by atoms with Crippen LogP contribution in [0.5, 0.6) is 0 Å². The summed E-state index contributed by atoms with van der Waals surface area (Å²) in [6, 6.07) is 5.06. The highest BCUT2D eigenvalue weighted by atomic mass is 19.1. The lowest BCUT2D eigenvalue weighted by Gasteiger charge is -2.25. The Labute approximate surface area is 128 Å². The third-order valence-electron chi connectivity index (χ3n) is 3.86. The molecule has 1 aromatic rings. The van der Waals surface area contributed by atoms with E-state index in [2.05, 4.69) is 37.5 Å². The normalized spacial score (nSPS) is 10.8. The third-order valence-corrected chi connectivity index (χ3v) is 3.86. The van der Waals surface area contributed by atoms with Gasteiger partial charge < -0.3 is 5.11 Å². The molecule has 0 aromatic heterocycles. The van der Waals surface area contributed by atoms with Gasteiger partial charge in [-0.25, -0.2) is 4.39 Å². The van der Waals surface area contributed by atoms with Crippen LogP contribution in [-0.4, -0.2) is 29.7 Å². The molecule has 1 aromatic carbocycles. The Morgan fingerprint density at radius 1 is 1.24 bits per heavy atom. The summed E-state index contributed by atoms with van der Waals surface area (Å²) in [6.45, 7) is 9.20. The average Bonchev–Trinajstić information content (AvgIpc) is 2.51. The maximum Gasteiger partial charge on any atom is 0.138 e. The van der Waals surface area contributed by atoms with Crippen LogP contribution in [0.1, 0.15) is 44.7 Å². The summed E-state index contributed by atoms with van der Waals surface area (Å²) in [5.74, 6) is 5.54. The summed E-state index contributed by atoms with van der Waals surface area (Å²) in [5, 5.41) is 8.72. The monoisotopic (exact) mass is 291 g/mol. The van der Waals surface area contributed by atoms with E-state index in [1.165, 1.54) is 18.9 Å². The zero-order chi connectivity index (χ0) is 15.7. The molecule has 0 saturated heterocycles. The fourth-order valence-corrected chi connectivity index (χ4v) is 2.38. The first-order valence-electron chi connectivity index (χ1n) is 7.75. The van der Waals surface area contributed by atoms with Crippen LogP contribution in [0.15, 0.2) is 18.2 Å². The van der Waals surface area contributed by atoms with Gasteiger partial charge in [-0.1, -0.05) is 51.5 Å². The number of halogens is 1. The van der Waals surface area contributed by atoms with Crippen molar-refractivity contribution in [1.82, 2.24) is 4.90 Å². The predicted octanol–water partition coefficient (Wildman–Crippen LogP) is 3.43. The van der Waals surface area contributed by atoms with E-state index in [0.29, 0.717) is 11.5 Å². The number of hydrogen-bond donors (Lipinski definition) is 1. The van der Waals surface area contributed by atoms with Gasteiger partial charge in [0.25, 0.3) is 0 Å². The molecule has 0 heterocycles. The second-order valence-electron chi connectivity index (χ2n) is 5.28. The average molecular weight is 291 g/mol. The molecule has 0 saturated carbocycles. The third kappa shape index (κ3) is 5.87. The van der Waals surface area contributed by atoms with Crippen LogP contribution in [0.25, 0.3) is 0 Å². The molecule has 0 bridgehead atoms. The zero-order valence-electron chi connectivity index (χ0n) is 13.3. The van der Waals surface area contributed by atoms with Crippen molar-refractivity contribution in [2.24, 2.45) is 5.92 Å².